The highest BCUT2D eigenvalue weighted by Crippen LogP contribution is 2.35. The van der Waals surface area contributed by atoms with Crippen LogP contribution >= 0.6 is 11.3 Å². The molecule has 2 unspecified atom stereocenters. The van der Waals surface area contributed by atoms with E-state index in [0.717, 1.165) is 11.3 Å². The molecular weight excluding hydrogens is 314 g/mol. The Bertz CT molecular complexity index is 693. The zero-order valence-electron chi connectivity index (χ0n) is 11.4. The van der Waals surface area contributed by atoms with Crippen LogP contribution in [0.15, 0.2) is 16.3 Å². The van der Waals surface area contributed by atoms with E-state index in [0.29, 0.717) is 6.42 Å². The number of fused-ring (bicyclic) bond motifs is 1. The number of rotatable bonds is 3. The monoisotopic (exact) mass is 329 g/mol. The second kappa shape index (κ2) is 5.19. The van der Waals surface area contributed by atoms with Gasteiger partial charge >= 0.3 is 11.9 Å². The van der Waals surface area contributed by atoms with Crippen molar-refractivity contribution >= 4 is 33.3 Å². The van der Waals surface area contributed by atoms with E-state index < -0.39 is 33.8 Å². The highest BCUT2D eigenvalue weighted by atomic mass is 32.2. The van der Waals surface area contributed by atoms with Crippen LogP contribution in [-0.2, 0) is 30.8 Å². The van der Waals surface area contributed by atoms with Gasteiger partial charge in [-0.25, -0.2) is 8.42 Å². The fraction of sp³-hybridized carbons (Fsp3) is 0.538. The van der Waals surface area contributed by atoms with E-state index in [9.17, 15) is 18.0 Å². The molecule has 0 bridgehead atoms. The van der Waals surface area contributed by atoms with Gasteiger partial charge in [0.15, 0.2) is 0 Å². The molecule has 2 aliphatic heterocycles. The molecule has 2 fully saturated rings. The number of sulfonamides is 1. The van der Waals surface area contributed by atoms with Crippen LogP contribution in [0.5, 0.6) is 0 Å². The molecule has 1 aromatic rings. The first-order valence-electron chi connectivity index (χ1n) is 6.78. The van der Waals surface area contributed by atoms with Crippen LogP contribution in [0.4, 0.5) is 0 Å². The maximum Gasteiger partial charge on any atom is 0.318 e. The molecule has 0 N–H and O–H groups in total. The minimum Gasteiger partial charge on any atom is -0.393 e. The molecule has 3 heterocycles. The van der Waals surface area contributed by atoms with Crippen LogP contribution < -0.4 is 0 Å². The van der Waals surface area contributed by atoms with E-state index in [2.05, 4.69) is 4.74 Å². The number of cyclic esters (lactones) is 2. The summed E-state index contributed by atoms with van der Waals surface area (Å²) in [6, 6.07) is 3.40. The number of thiophene rings is 1. The van der Waals surface area contributed by atoms with E-state index in [-0.39, 0.29) is 17.3 Å². The summed E-state index contributed by atoms with van der Waals surface area (Å²) in [6.07, 6.45) is 1.12. The molecule has 21 heavy (non-hydrogen) atoms. The maximum atomic E-state index is 12.6. The van der Waals surface area contributed by atoms with Crippen molar-refractivity contribution in [2.75, 3.05) is 13.1 Å². The minimum atomic E-state index is -3.60. The Hall–Kier alpha value is -1.25. The zero-order valence-corrected chi connectivity index (χ0v) is 13.1. The number of ether oxygens (including phenoxy) is 1. The predicted molar refractivity (Wildman–Crippen MR) is 75.2 cm³/mol. The van der Waals surface area contributed by atoms with Gasteiger partial charge in [-0.3, -0.25) is 9.59 Å². The number of hydrogen-bond donors (Lipinski definition) is 0. The molecule has 0 aliphatic carbocycles. The molecular formula is C13H15NO5S2. The SMILES string of the molecule is CCc1ccc(S(=O)(=O)N2CCC3C(=O)OC(=O)C3C2)s1. The van der Waals surface area contributed by atoms with Crippen LogP contribution in [0, 0.1) is 11.8 Å². The smallest absolute Gasteiger partial charge is 0.318 e. The third-order valence-corrected chi connectivity index (χ3v) is 7.52. The van der Waals surface area contributed by atoms with Crippen molar-refractivity contribution < 1.29 is 22.7 Å². The Morgan fingerprint density at radius 2 is 2.00 bits per heavy atom. The number of esters is 2. The van der Waals surface area contributed by atoms with Crippen molar-refractivity contribution in [2.45, 2.75) is 24.0 Å². The number of hydrogen-bond acceptors (Lipinski definition) is 6. The fourth-order valence-corrected chi connectivity index (χ4v) is 5.66. The van der Waals surface area contributed by atoms with E-state index in [4.69, 9.17) is 0 Å². The average Bonchev–Trinajstić information content (AvgIpc) is 3.05. The highest BCUT2D eigenvalue weighted by Gasteiger charge is 2.49. The van der Waals surface area contributed by atoms with Gasteiger partial charge in [0.1, 0.15) is 4.21 Å². The van der Waals surface area contributed by atoms with Gasteiger partial charge in [0.25, 0.3) is 10.0 Å². The molecule has 3 rings (SSSR count). The first kappa shape index (κ1) is 14.7. The second-order valence-corrected chi connectivity index (χ2v) is 8.51. The lowest BCUT2D eigenvalue weighted by Gasteiger charge is -2.30. The first-order valence-corrected chi connectivity index (χ1v) is 9.03. The van der Waals surface area contributed by atoms with Crippen LogP contribution in [0.25, 0.3) is 0 Å². The van der Waals surface area contributed by atoms with Crippen LogP contribution in [-0.4, -0.2) is 37.8 Å². The molecule has 2 atom stereocenters. The zero-order chi connectivity index (χ0) is 15.2. The van der Waals surface area contributed by atoms with Gasteiger partial charge in [0, 0.05) is 18.0 Å². The predicted octanol–water partition coefficient (Wildman–Crippen LogP) is 1.02. The molecule has 0 radical (unpaired) electrons. The quantitative estimate of drug-likeness (QED) is 0.611. The summed E-state index contributed by atoms with van der Waals surface area (Å²) >= 11 is 1.25. The van der Waals surface area contributed by atoms with E-state index in [1.54, 1.807) is 12.1 Å². The molecule has 0 spiro atoms. The number of carbonyl (C=O) groups is 2. The van der Waals surface area contributed by atoms with Crippen molar-refractivity contribution in [3.05, 3.63) is 17.0 Å². The van der Waals surface area contributed by atoms with Gasteiger partial charge in [-0.05, 0) is 25.0 Å². The number of nitrogens with zero attached hydrogens (tertiary/aromatic N) is 1. The standard InChI is InChI=1S/C13H15NO5S2/c1-2-8-3-4-11(20-8)21(17,18)14-6-5-9-10(7-14)13(16)19-12(9)15/h3-4,9-10H,2,5-7H2,1H3. The number of carbonyl (C=O) groups excluding carboxylic acids is 2. The Labute approximate surface area is 126 Å². The molecule has 2 saturated heterocycles. The third-order valence-electron chi connectivity index (χ3n) is 3.96. The minimum absolute atomic E-state index is 0.0247. The number of aryl methyl sites for hydroxylation is 1. The lowest BCUT2D eigenvalue weighted by Crippen LogP contribution is -2.44. The first-order chi connectivity index (χ1) is 9.93. The van der Waals surface area contributed by atoms with Crippen molar-refractivity contribution in [2.24, 2.45) is 11.8 Å². The van der Waals surface area contributed by atoms with Gasteiger partial charge in [-0.15, -0.1) is 11.3 Å². The molecule has 114 valence electrons. The Morgan fingerprint density at radius 3 is 2.67 bits per heavy atom. The topological polar surface area (TPSA) is 80.8 Å². The van der Waals surface area contributed by atoms with E-state index >= 15 is 0 Å². The molecule has 8 heteroatoms. The lowest BCUT2D eigenvalue weighted by molar-refractivity contribution is -0.153. The highest BCUT2D eigenvalue weighted by molar-refractivity contribution is 7.91. The summed E-state index contributed by atoms with van der Waals surface area (Å²) in [5.41, 5.74) is 0. The Morgan fingerprint density at radius 1 is 1.29 bits per heavy atom. The third kappa shape index (κ3) is 2.41. The van der Waals surface area contributed by atoms with Gasteiger partial charge in [-0.2, -0.15) is 4.31 Å². The summed E-state index contributed by atoms with van der Waals surface area (Å²) in [5, 5.41) is 0. The molecule has 6 nitrogen and oxygen atoms in total. The maximum absolute atomic E-state index is 12.6. The summed E-state index contributed by atoms with van der Waals surface area (Å²) < 4.78 is 31.4. The van der Waals surface area contributed by atoms with Crippen molar-refractivity contribution in [1.82, 2.24) is 4.31 Å². The van der Waals surface area contributed by atoms with Crippen LogP contribution in [0.3, 0.4) is 0 Å². The molecule has 0 aromatic carbocycles. The Balaban J connectivity index is 1.84. The van der Waals surface area contributed by atoms with Gasteiger partial charge in [0.05, 0.1) is 11.8 Å². The van der Waals surface area contributed by atoms with Crippen LogP contribution in [0.1, 0.15) is 18.2 Å². The second-order valence-electron chi connectivity index (χ2n) is 5.18. The fourth-order valence-electron chi connectivity index (χ4n) is 2.73. The summed E-state index contributed by atoms with van der Waals surface area (Å²) in [6.45, 7) is 2.23. The molecule has 0 amide bonds. The lowest BCUT2D eigenvalue weighted by atomic mass is 9.89. The normalized spacial score (nSPS) is 26.7. The van der Waals surface area contributed by atoms with Crippen molar-refractivity contribution in [3.8, 4) is 0 Å². The largest absolute Gasteiger partial charge is 0.393 e. The Kier molecular flexibility index (Phi) is 3.62. The van der Waals surface area contributed by atoms with Gasteiger partial charge < -0.3 is 4.74 Å². The van der Waals surface area contributed by atoms with E-state index in [1.165, 1.54) is 15.6 Å². The van der Waals surface area contributed by atoms with Gasteiger partial charge in [-0.1, -0.05) is 6.92 Å². The van der Waals surface area contributed by atoms with E-state index in [1.807, 2.05) is 6.92 Å². The van der Waals surface area contributed by atoms with Crippen LogP contribution in [0.2, 0.25) is 0 Å². The van der Waals surface area contributed by atoms with Crippen molar-refractivity contribution in [1.29, 1.82) is 0 Å². The van der Waals surface area contributed by atoms with Crippen molar-refractivity contribution in [3.63, 3.8) is 0 Å². The molecule has 2 aliphatic rings. The summed E-state index contributed by atoms with van der Waals surface area (Å²) in [7, 11) is -3.60. The number of piperidine rings is 1. The summed E-state index contributed by atoms with van der Waals surface area (Å²) in [4.78, 5) is 24.1. The molecule has 0 saturated carbocycles. The summed E-state index contributed by atoms with van der Waals surface area (Å²) in [5.74, 6) is -2.28. The molecule has 1 aromatic heterocycles. The average molecular weight is 329 g/mol. The van der Waals surface area contributed by atoms with Gasteiger partial charge in [0.2, 0.25) is 0 Å².